The first-order valence-corrected chi connectivity index (χ1v) is 6.54. The lowest BCUT2D eigenvalue weighted by Gasteiger charge is -2.23. The standard InChI is InChI=1S/C13H23NO2/c1-9(2)16-12(15)13(14)8-11(13)10-6-4-3-5-7-10/h9-11H,3-8,14H2,1-2H3. The topological polar surface area (TPSA) is 52.3 Å². The third-order valence-electron chi connectivity index (χ3n) is 4.00. The van der Waals surface area contributed by atoms with Crippen LogP contribution in [-0.4, -0.2) is 17.6 Å². The van der Waals surface area contributed by atoms with Crippen molar-refractivity contribution in [1.29, 1.82) is 0 Å². The van der Waals surface area contributed by atoms with E-state index in [0.717, 1.165) is 6.42 Å². The molecule has 92 valence electrons. The smallest absolute Gasteiger partial charge is 0.326 e. The Morgan fingerprint density at radius 1 is 1.31 bits per heavy atom. The van der Waals surface area contributed by atoms with Gasteiger partial charge in [-0.05, 0) is 32.1 Å². The number of carbonyl (C=O) groups is 1. The molecular formula is C13H23NO2. The Balaban J connectivity index is 1.89. The van der Waals surface area contributed by atoms with Gasteiger partial charge >= 0.3 is 5.97 Å². The molecule has 0 amide bonds. The number of rotatable bonds is 3. The average Bonchev–Trinajstić information content (AvgIpc) is 2.93. The highest BCUT2D eigenvalue weighted by molar-refractivity contribution is 5.85. The average molecular weight is 225 g/mol. The van der Waals surface area contributed by atoms with Gasteiger partial charge in [0, 0.05) is 0 Å². The number of esters is 1. The molecule has 0 bridgehead atoms. The van der Waals surface area contributed by atoms with Crippen LogP contribution in [0, 0.1) is 11.8 Å². The van der Waals surface area contributed by atoms with Gasteiger partial charge in [0.2, 0.25) is 0 Å². The summed E-state index contributed by atoms with van der Waals surface area (Å²) in [4.78, 5) is 11.8. The molecule has 3 heteroatoms. The molecule has 2 saturated carbocycles. The van der Waals surface area contributed by atoms with E-state index in [9.17, 15) is 4.79 Å². The second kappa shape index (κ2) is 4.36. The molecule has 2 atom stereocenters. The summed E-state index contributed by atoms with van der Waals surface area (Å²) in [6.07, 6.45) is 7.23. The Morgan fingerprint density at radius 3 is 2.50 bits per heavy atom. The highest BCUT2D eigenvalue weighted by Gasteiger charge is 2.61. The zero-order valence-corrected chi connectivity index (χ0v) is 10.4. The van der Waals surface area contributed by atoms with Crippen LogP contribution in [0.3, 0.4) is 0 Å². The normalized spacial score (nSPS) is 35.1. The maximum Gasteiger partial charge on any atom is 0.326 e. The zero-order valence-electron chi connectivity index (χ0n) is 10.4. The van der Waals surface area contributed by atoms with Gasteiger partial charge in [-0.15, -0.1) is 0 Å². The van der Waals surface area contributed by atoms with Crippen molar-refractivity contribution in [2.75, 3.05) is 0 Å². The van der Waals surface area contributed by atoms with Crippen LogP contribution in [0.2, 0.25) is 0 Å². The summed E-state index contributed by atoms with van der Waals surface area (Å²) >= 11 is 0. The van der Waals surface area contributed by atoms with Gasteiger partial charge < -0.3 is 10.5 Å². The molecule has 2 aliphatic carbocycles. The molecule has 16 heavy (non-hydrogen) atoms. The largest absolute Gasteiger partial charge is 0.462 e. The van der Waals surface area contributed by atoms with Crippen LogP contribution in [0.1, 0.15) is 52.4 Å². The lowest BCUT2D eigenvalue weighted by molar-refractivity contribution is -0.150. The van der Waals surface area contributed by atoms with Crippen LogP contribution in [0.4, 0.5) is 0 Å². The Labute approximate surface area is 97.7 Å². The fraction of sp³-hybridized carbons (Fsp3) is 0.923. The molecule has 0 aromatic heterocycles. The summed E-state index contributed by atoms with van der Waals surface area (Å²) in [5.41, 5.74) is 5.49. The van der Waals surface area contributed by atoms with E-state index in [1.807, 2.05) is 13.8 Å². The van der Waals surface area contributed by atoms with E-state index in [-0.39, 0.29) is 12.1 Å². The van der Waals surface area contributed by atoms with Crippen molar-refractivity contribution in [2.45, 2.75) is 64.0 Å². The third-order valence-corrected chi connectivity index (χ3v) is 4.00. The van der Waals surface area contributed by atoms with Crippen molar-refractivity contribution in [3.8, 4) is 0 Å². The molecule has 0 spiro atoms. The highest BCUT2D eigenvalue weighted by Crippen LogP contribution is 2.51. The van der Waals surface area contributed by atoms with Crippen LogP contribution >= 0.6 is 0 Å². The number of nitrogens with two attached hydrogens (primary N) is 1. The lowest BCUT2D eigenvalue weighted by atomic mass is 9.84. The molecule has 0 aliphatic heterocycles. The first-order chi connectivity index (χ1) is 7.54. The monoisotopic (exact) mass is 225 g/mol. The molecule has 0 saturated heterocycles. The van der Waals surface area contributed by atoms with Crippen LogP contribution in [-0.2, 0) is 9.53 Å². The van der Waals surface area contributed by atoms with Gasteiger partial charge in [0.1, 0.15) is 5.54 Å². The number of hydrogen-bond acceptors (Lipinski definition) is 3. The SMILES string of the molecule is CC(C)OC(=O)C1(N)CC1C1CCCCC1. The van der Waals surface area contributed by atoms with Gasteiger partial charge in [-0.3, -0.25) is 4.79 Å². The van der Waals surface area contributed by atoms with E-state index in [1.165, 1.54) is 32.1 Å². The molecule has 2 aliphatic rings. The van der Waals surface area contributed by atoms with E-state index in [4.69, 9.17) is 10.5 Å². The van der Waals surface area contributed by atoms with Crippen molar-refractivity contribution in [2.24, 2.45) is 17.6 Å². The molecule has 0 heterocycles. The number of ether oxygens (including phenoxy) is 1. The van der Waals surface area contributed by atoms with Crippen molar-refractivity contribution in [1.82, 2.24) is 0 Å². The molecule has 0 aromatic carbocycles. The van der Waals surface area contributed by atoms with Gasteiger partial charge in [0.25, 0.3) is 0 Å². The molecule has 0 aromatic rings. The molecular weight excluding hydrogens is 202 g/mol. The van der Waals surface area contributed by atoms with Crippen molar-refractivity contribution < 1.29 is 9.53 Å². The van der Waals surface area contributed by atoms with Crippen LogP contribution in [0.15, 0.2) is 0 Å². The van der Waals surface area contributed by atoms with Gasteiger partial charge in [-0.2, -0.15) is 0 Å². The van der Waals surface area contributed by atoms with E-state index < -0.39 is 5.54 Å². The van der Waals surface area contributed by atoms with E-state index in [1.54, 1.807) is 0 Å². The Bertz CT molecular complexity index is 271. The number of carbonyl (C=O) groups excluding carboxylic acids is 1. The Hall–Kier alpha value is -0.570. The lowest BCUT2D eigenvalue weighted by Crippen LogP contribution is -2.39. The molecule has 2 unspecified atom stereocenters. The summed E-state index contributed by atoms with van der Waals surface area (Å²) in [5, 5.41) is 0. The molecule has 0 radical (unpaired) electrons. The summed E-state index contributed by atoms with van der Waals surface area (Å²) in [6, 6.07) is 0. The maximum absolute atomic E-state index is 11.8. The first-order valence-electron chi connectivity index (χ1n) is 6.54. The van der Waals surface area contributed by atoms with Crippen molar-refractivity contribution in [3.63, 3.8) is 0 Å². The van der Waals surface area contributed by atoms with Gasteiger partial charge in [-0.1, -0.05) is 32.1 Å². The minimum Gasteiger partial charge on any atom is -0.462 e. The summed E-state index contributed by atoms with van der Waals surface area (Å²) in [7, 11) is 0. The second-order valence-corrected chi connectivity index (χ2v) is 5.70. The van der Waals surface area contributed by atoms with E-state index in [0.29, 0.717) is 11.8 Å². The molecule has 2 rings (SSSR count). The molecule has 3 nitrogen and oxygen atoms in total. The van der Waals surface area contributed by atoms with Gasteiger partial charge in [0.05, 0.1) is 6.10 Å². The predicted octanol–water partition coefficient (Wildman–Crippen LogP) is 2.24. The Kier molecular flexibility index (Phi) is 3.24. The third kappa shape index (κ3) is 2.24. The fourth-order valence-corrected chi connectivity index (χ4v) is 2.99. The summed E-state index contributed by atoms with van der Waals surface area (Å²) in [6.45, 7) is 3.75. The molecule has 2 N–H and O–H groups in total. The zero-order chi connectivity index (χ0) is 11.8. The number of hydrogen-bond donors (Lipinski definition) is 1. The minimum atomic E-state index is -0.647. The predicted molar refractivity (Wildman–Crippen MR) is 62.8 cm³/mol. The second-order valence-electron chi connectivity index (χ2n) is 5.70. The molecule has 2 fully saturated rings. The van der Waals surface area contributed by atoms with Crippen molar-refractivity contribution >= 4 is 5.97 Å². The first kappa shape index (κ1) is 11.9. The summed E-state index contributed by atoms with van der Waals surface area (Å²) < 4.78 is 5.23. The maximum atomic E-state index is 11.8. The van der Waals surface area contributed by atoms with E-state index in [2.05, 4.69) is 0 Å². The van der Waals surface area contributed by atoms with Gasteiger partial charge in [0.15, 0.2) is 0 Å². The van der Waals surface area contributed by atoms with Crippen molar-refractivity contribution in [3.05, 3.63) is 0 Å². The quantitative estimate of drug-likeness (QED) is 0.749. The summed E-state index contributed by atoms with van der Waals surface area (Å²) in [5.74, 6) is 0.871. The minimum absolute atomic E-state index is 0.0551. The fourth-order valence-electron chi connectivity index (χ4n) is 2.99. The van der Waals surface area contributed by atoms with E-state index >= 15 is 0 Å². The highest BCUT2D eigenvalue weighted by atomic mass is 16.5. The Morgan fingerprint density at radius 2 is 1.94 bits per heavy atom. The van der Waals surface area contributed by atoms with Crippen LogP contribution in [0.5, 0.6) is 0 Å². The van der Waals surface area contributed by atoms with Crippen LogP contribution in [0.25, 0.3) is 0 Å². The van der Waals surface area contributed by atoms with Gasteiger partial charge in [-0.25, -0.2) is 0 Å². The van der Waals surface area contributed by atoms with Crippen LogP contribution < -0.4 is 5.73 Å².